The monoisotopic (exact) mass is 417 g/mol. The number of aromatic nitrogens is 1. The Kier molecular flexibility index (Phi) is 18.7. The Morgan fingerprint density at radius 1 is 0.774 bits per heavy atom. The number of hydrogen-bond acceptors (Lipinski definition) is 2. The fourth-order valence-corrected chi connectivity index (χ4v) is 2.67. The third-order valence-corrected chi connectivity index (χ3v) is 3.85. The predicted octanol–water partition coefficient (Wildman–Crippen LogP) is 6.61. The van der Waals surface area contributed by atoms with Gasteiger partial charge in [-0.05, 0) is 54.3 Å². The first-order chi connectivity index (χ1) is 14.7. The van der Waals surface area contributed by atoms with Crippen LogP contribution in [-0.4, -0.2) is 19.3 Å². The molecule has 165 valence electrons. The molecule has 0 saturated heterocycles. The standard InChI is InChI=1S/C21H20N2O.3C2H6.B/c1-16-12-18(10-11-22-16)13-17-6-5-7-19(14-17)15-23-21(24)20-8-3-2-4-9-20;3*1-2;/h2-12,14H,13,15H2,1H3,(H,23,24);3*1-2H3;. The van der Waals surface area contributed by atoms with Crippen molar-refractivity contribution < 1.29 is 4.79 Å². The molecule has 4 heteroatoms. The van der Waals surface area contributed by atoms with E-state index < -0.39 is 0 Å². The average Bonchev–Trinajstić information content (AvgIpc) is 2.82. The van der Waals surface area contributed by atoms with E-state index in [0.29, 0.717) is 12.1 Å². The van der Waals surface area contributed by atoms with Crippen LogP contribution in [0.2, 0.25) is 0 Å². The largest absolute Gasteiger partial charge is 0.348 e. The number of rotatable bonds is 5. The maximum Gasteiger partial charge on any atom is 0.251 e. The Morgan fingerprint density at radius 2 is 1.35 bits per heavy atom. The molecule has 0 aliphatic heterocycles. The van der Waals surface area contributed by atoms with Crippen molar-refractivity contribution in [2.24, 2.45) is 0 Å². The highest BCUT2D eigenvalue weighted by atomic mass is 16.1. The molecule has 1 aromatic heterocycles. The molecule has 0 spiro atoms. The number of carbonyl (C=O) groups excluding carboxylic acids is 1. The molecule has 3 nitrogen and oxygen atoms in total. The number of nitrogens with zero attached hydrogens (tertiary/aromatic N) is 1. The van der Waals surface area contributed by atoms with Crippen molar-refractivity contribution in [1.82, 2.24) is 10.3 Å². The summed E-state index contributed by atoms with van der Waals surface area (Å²) in [5.74, 6) is -0.0502. The summed E-state index contributed by atoms with van der Waals surface area (Å²) in [6.07, 6.45) is 2.71. The van der Waals surface area contributed by atoms with E-state index in [2.05, 4.69) is 28.5 Å². The summed E-state index contributed by atoms with van der Waals surface area (Å²) in [6.45, 7) is 14.5. The Balaban J connectivity index is 0. The zero-order valence-electron chi connectivity index (χ0n) is 20.3. The van der Waals surface area contributed by atoms with E-state index in [1.165, 1.54) is 11.1 Å². The molecule has 31 heavy (non-hydrogen) atoms. The minimum atomic E-state index is -0.0502. The van der Waals surface area contributed by atoms with Crippen LogP contribution >= 0.6 is 0 Å². The first kappa shape index (κ1) is 30.3. The molecule has 1 N–H and O–H groups in total. The maximum atomic E-state index is 12.1. The Hall–Kier alpha value is -2.88. The Morgan fingerprint density at radius 3 is 1.97 bits per heavy atom. The van der Waals surface area contributed by atoms with Gasteiger partial charge >= 0.3 is 0 Å². The van der Waals surface area contributed by atoms with Crippen molar-refractivity contribution in [3.8, 4) is 0 Å². The second kappa shape index (κ2) is 19.1. The van der Waals surface area contributed by atoms with Gasteiger partial charge in [0, 0.05) is 32.4 Å². The summed E-state index contributed by atoms with van der Waals surface area (Å²) in [7, 11) is 0. The van der Waals surface area contributed by atoms with Crippen LogP contribution in [0.1, 0.15) is 74.3 Å². The smallest absolute Gasteiger partial charge is 0.251 e. The van der Waals surface area contributed by atoms with E-state index in [4.69, 9.17) is 0 Å². The van der Waals surface area contributed by atoms with Gasteiger partial charge in [0.15, 0.2) is 0 Å². The lowest BCUT2D eigenvalue weighted by Gasteiger charge is -2.08. The molecule has 0 atom stereocenters. The van der Waals surface area contributed by atoms with E-state index in [1.807, 2.05) is 103 Å². The van der Waals surface area contributed by atoms with Crippen LogP contribution in [0, 0.1) is 6.92 Å². The minimum Gasteiger partial charge on any atom is -0.348 e. The summed E-state index contributed by atoms with van der Waals surface area (Å²) < 4.78 is 0. The second-order valence-corrected chi connectivity index (χ2v) is 5.85. The lowest BCUT2D eigenvalue weighted by atomic mass is 10.0. The first-order valence-corrected chi connectivity index (χ1v) is 11.0. The van der Waals surface area contributed by atoms with Crippen molar-refractivity contribution in [1.29, 1.82) is 0 Å². The minimum absolute atomic E-state index is 0. The molecule has 2 aromatic carbocycles. The molecule has 0 fully saturated rings. The molecular weight excluding hydrogens is 379 g/mol. The van der Waals surface area contributed by atoms with Gasteiger partial charge in [0.25, 0.3) is 5.91 Å². The number of pyridine rings is 1. The van der Waals surface area contributed by atoms with Crippen LogP contribution in [0.15, 0.2) is 72.9 Å². The van der Waals surface area contributed by atoms with Crippen molar-refractivity contribution in [3.05, 3.63) is 101 Å². The average molecular weight is 417 g/mol. The first-order valence-electron chi connectivity index (χ1n) is 11.0. The van der Waals surface area contributed by atoms with Crippen molar-refractivity contribution >= 4 is 14.3 Å². The lowest BCUT2D eigenvalue weighted by molar-refractivity contribution is 0.0951. The molecule has 1 amide bonds. The van der Waals surface area contributed by atoms with Gasteiger partial charge in [0.1, 0.15) is 0 Å². The van der Waals surface area contributed by atoms with Crippen LogP contribution in [0.3, 0.4) is 0 Å². The zero-order valence-corrected chi connectivity index (χ0v) is 20.3. The third-order valence-electron chi connectivity index (χ3n) is 3.85. The summed E-state index contributed by atoms with van der Waals surface area (Å²) in [6, 6.07) is 21.7. The van der Waals surface area contributed by atoms with Crippen LogP contribution in [0.4, 0.5) is 0 Å². The molecule has 0 aliphatic carbocycles. The summed E-state index contributed by atoms with van der Waals surface area (Å²) >= 11 is 0. The number of hydrogen-bond donors (Lipinski definition) is 1. The van der Waals surface area contributed by atoms with Crippen LogP contribution in [0.5, 0.6) is 0 Å². The fraction of sp³-hybridized carbons (Fsp3) is 0.333. The molecule has 0 bridgehead atoms. The number of amides is 1. The highest BCUT2D eigenvalue weighted by molar-refractivity contribution is 5.94. The van der Waals surface area contributed by atoms with E-state index in [-0.39, 0.29) is 14.3 Å². The van der Waals surface area contributed by atoms with Gasteiger partial charge in [-0.1, -0.05) is 84.0 Å². The van der Waals surface area contributed by atoms with Crippen LogP contribution < -0.4 is 5.32 Å². The molecule has 3 rings (SSSR count). The van der Waals surface area contributed by atoms with Crippen LogP contribution in [0.25, 0.3) is 0 Å². The van der Waals surface area contributed by atoms with E-state index in [1.54, 1.807) is 0 Å². The quantitative estimate of drug-likeness (QED) is 0.475. The highest BCUT2D eigenvalue weighted by Gasteiger charge is 2.05. The van der Waals surface area contributed by atoms with Gasteiger partial charge in [0.2, 0.25) is 0 Å². The number of carbonyl (C=O) groups is 1. The van der Waals surface area contributed by atoms with Gasteiger partial charge in [-0.2, -0.15) is 0 Å². The normalized spacial score (nSPS) is 8.61. The van der Waals surface area contributed by atoms with Gasteiger partial charge in [-0.3, -0.25) is 9.78 Å². The lowest BCUT2D eigenvalue weighted by Crippen LogP contribution is -2.22. The Labute approximate surface area is 191 Å². The third kappa shape index (κ3) is 11.8. The molecule has 0 saturated carbocycles. The molecule has 0 unspecified atom stereocenters. The predicted molar refractivity (Wildman–Crippen MR) is 136 cm³/mol. The number of aryl methyl sites for hydroxylation is 1. The SMILES string of the molecule is CC.CC.CC.Cc1cc(Cc2cccc(CNC(=O)c3ccccc3)c2)ccn1.[B]. The number of benzene rings is 2. The van der Waals surface area contributed by atoms with E-state index in [9.17, 15) is 4.79 Å². The molecule has 0 aliphatic rings. The van der Waals surface area contributed by atoms with E-state index in [0.717, 1.165) is 17.7 Å². The molecular formula is C27H38BN2O. The molecule has 3 aromatic rings. The summed E-state index contributed by atoms with van der Waals surface area (Å²) in [5, 5.41) is 2.97. The highest BCUT2D eigenvalue weighted by Crippen LogP contribution is 2.12. The van der Waals surface area contributed by atoms with Gasteiger partial charge < -0.3 is 5.32 Å². The van der Waals surface area contributed by atoms with Crippen molar-refractivity contribution in [3.63, 3.8) is 0 Å². The van der Waals surface area contributed by atoms with Crippen molar-refractivity contribution in [2.45, 2.75) is 61.4 Å². The Bertz CT molecular complexity index is 835. The molecule has 1 heterocycles. The van der Waals surface area contributed by atoms with E-state index >= 15 is 0 Å². The second-order valence-electron chi connectivity index (χ2n) is 5.85. The van der Waals surface area contributed by atoms with Gasteiger partial charge in [0.05, 0.1) is 0 Å². The number of nitrogens with one attached hydrogen (secondary N) is 1. The van der Waals surface area contributed by atoms with Crippen LogP contribution in [-0.2, 0) is 13.0 Å². The fourth-order valence-electron chi connectivity index (χ4n) is 2.67. The van der Waals surface area contributed by atoms with Gasteiger partial charge in [-0.25, -0.2) is 0 Å². The summed E-state index contributed by atoms with van der Waals surface area (Å²) in [4.78, 5) is 16.3. The zero-order chi connectivity index (χ0) is 22.8. The maximum absolute atomic E-state index is 12.1. The van der Waals surface area contributed by atoms with Crippen molar-refractivity contribution in [2.75, 3.05) is 0 Å². The summed E-state index contributed by atoms with van der Waals surface area (Å²) in [5.41, 5.74) is 5.28. The topological polar surface area (TPSA) is 42.0 Å². The van der Waals surface area contributed by atoms with Gasteiger partial charge in [-0.15, -0.1) is 0 Å². The molecule has 3 radical (unpaired) electrons.